The summed E-state index contributed by atoms with van der Waals surface area (Å²) in [6.07, 6.45) is 1.78. The summed E-state index contributed by atoms with van der Waals surface area (Å²) in [6.45, 7) is 6.59. The Bertz CT molecular complexity index is 345. The molecule has 1 heterocycles. The van der Waals surface area contributed by atoms with Gasteiger partial charge in [-0.25, -0.2) is 4.98 Å². The smallest absolute Gasteiger partial charge is 0.130 e. The lowest BCUT2D eigenvalue weighted by molar-refractivity contribution is 0.0967. The topological polar surface area (TPSA) is 71.6 Å². The Labute approximate surface area is 102 Å². The predicted molar refractivity (Wildman–Crippen MR) is 69.2 cm³/mol. The van der Waals surface area contributed by atoms with Gasteiger partial charge in [0.15, 0.2) is 0 Å². The second kappa shape index (κ2) is 7.09. The minimum atomic E-state index is 0.0574. The van der Waals surface area contributed by atoms with Crippen molar-refractivity contribution in [2.24, 2.45) is 0 Å². The number of rotatable bonds is 7. The lowest BCUT2D eigenvalue weighted by atomic mass is 10.2. The first kappa shape index (κ1) is 13.7. The molecule has 0 aromatic carbocycles. The lowest BCUT2D eigenvalue weighted by Gasteiger charge is -2.22. The van der Waals surface area contributed by atoms with Crippen LogP contribution in [0.2, 0.25) is 0 Å². The molecule has 5 nitrogen and oxygen atoms in total. The van der Waals surface area contributed by atoms with Gasteiger partial charge in [0.05, 0.1) is 19.8 Å². The Balaban J connectivity index is 2.56. The average Bonchev–Trinajstić information content (AvgIpc) is 2.33. The minimum absolute atomic E-state index is 0.0574. The number of pyridine rings is 1. The van der Waals surface area contributed by atoms with E-state index in [0.29, 0.717) is 13.2 Å². The Morgan fingerprint density at radius 3 is 2.82 bits per heavy atom. The number of nitrogens with two attached hydrogens (primary N) is 1. The number of ether oxygens (including phenoxy) is 1. The summed E-state index contributed by atoms with van der Waals surface area (Å²) in [7, 11) is 0. The summed E-state index contributed by atoms with van der Waals surface area (Å²) in [4.78, 5) is 6.44. The van der Waals surface area contributed by atoms with E-state index >= 15 is 0 Å². The quantitative estimate of drug-likeness (QED) is 0.689. The molecule has 17 heavy (non-hydrogen) atoms. The first-order valence-corrected chi connectivity index (χ1v) is 5.84. The van der Waals surface area contributed by atoms with Crippen LogP contribution in [0.3, 0.4) is 0 Å². The van der Waals surface area contributed by atoms with E-state index in [1.807, 2.05) is 13.0 Å². The van der Waals surface area contributed by atoms with Crippen LogP contribution < -0.4 is 10.6 Å². The summed E-state index contributed by atoms with van der Waals surface area (Å²) in [5, 5.41) is 8.61. The summed E-state index contributed by atoms with van der Waals surface area (Å²) >= 11 is 0. The minimum Gasteiger partial charge on any atom is -0.398 e. The summed E-state index contributed by atoms with van der Waals surface area (Å²) in [5.41, 5.74) is 7.60. The van der Waals surface area contributed by atoms with Crippen LogP contribution in [0.15, 0.2) is 12.3 Å². The van der Waals surface area contributed by atoms with Crippen LogP contribution in [0.4, 0.5) is 11.5 Å². The van der Waals surface area contributed by atoms with Crippen LogP contribution in [0.25, 0.3) is 0 Å². The van der Waals surface area contributed by atoms with Gasteiger partial charge in [0, 0.05) is 31.0 Å². The highest BCUT2D eigenvalue weighted by atomic mass is 16.5. The number of aryl methyl sites for hydroxylation is 1. The third kappa shape index (κ3) is 4.20. The molecular formula is C12H21N3O2. The van der Waals surface area contributed by atoms with Crippen LogP contribution in [-0.4, -0.2) is 43.0 Å². The van der Waals surface area contributed by atoms with Gasteiger partial charge in [0.25, 0.3) is 0 Å². The third-order valence-electron chi connectivity index (χ3n) is 2.58. The predicted octanol–water partition coefficient (Wildman–Crippen LogP) is 0.807. The maximum atomic E-state index is 8.61. The number of aromatic nitrogens is 1. The Hall–Kier alpha value is -1.33. The van der Waals surface area contributed by atoms with Gasteiger partial charge in [-0.1, -0.05) is 0 Å². The Morgan fingerprint density at radius 2 is 2.24 bits per heavy atom. The molecule has 0 saturated carbocycles. The first-order valence-electron chi connectivity index (χ1n) is 5.84. The fraction of sp³-hybridized carbons (Fsp3) is 0.583. The van der Waals surface area contributed by atoms with Gasteiger partial charge in [-0.2, -0.15) is 0 Å². The summed E-state index contributed by atoms with van der Waals surface area (Å²) in [5.74, 6) is 0.864. The monoisotopic (exact) mass is 239 g/mol. The van der Waals surface area contributed by atoms with Crippen molar-refractivity contribution in [2.75, 3.05) is 43.5 Å². The van der Waals surface area contributed by atoms with E-state index in [1.54, 1.807) is 6.20 Å². The molecule has 1 rings (SSSR count). The number of nitrogens with zero attached hydrogens (tertiary/aromatic N) is 2. The van der Waals surface area contributed by atoms with Crippen molar-refractivity contribution in [3.05, 3.63) is 17.8 Å². The summed E-state index contributed by atoms with van der Waals surface area (Å²) in [6, 6.07) is 1.88. The van der Waals surface area contributed by atoms with E-state index in [4.69, 9.17) is 15.6 Å². The van der Waals surface area contributed by atoms with Gasteiger partial charge in [0.2, 0.25) is 0 Å². The van der Waals surface area contributed by atoms with Crippen LogP contribution in [0.5, 0.6) is 0 Å². The molecule has 96 valence electrons. The highest BCUT2D eigenvalue weighted by Gasteiger charge is 2.06. The van der Waals surface area contributed by atoms with Crippen LogP contribution >= 0.6 is 0 Å². The molecule has 5 heteroatoms. The van der Waals surface area contributed by atoms with E-state index in [-0.39, 0.29) is 6.61 Å². The molecule has 3 N–H and O–H groups in total. The van der Waals surface area contributed by atoms with Crippen molar-refractivity contribution in [1.82, 2.24) is 4.98 Å². The van der Waals surface area contributed by atoms with Crippen LogP contribution in [-0.2, 0) is 4.74 Å². The fourth-order valence-electron chi connectivity index (χ4n) is 1.48. The number of nitrogen functional groups attached to an aromatic ring is 1. The van der Waals surface area contributed by atoms with E-state index in [2.05, 4.69) is 16.8 Å². The SMILES string of the molecule is CCN(CCOCCO)c1cc(N)c(C)cn1. The molecule has 1 aromatic rings. The maximum absolute atomic E-state index is 8.61. The molecule has 0 amide bonds. The van der Waals surface area contributed by atoms with E-state index in [9.17, 15) is 0 Å². The molecule has 0 aliphatic heterocycles. The van der Waals surface area contributed by atoms with Crippen LogP contribution in [0.1, 0.15) is 12.5 Å². The van der Waals surface area contributed by atoms with Crippen molar-refractivity contribution in [3.63, 3.8) is 0 Å². The molecule has 0 aliphatic rings. The van der Waals surface area contributed by atoms with E-state index < -0.39 is 0 Å². The third-order valence-corrected chi connectivity index (χ3v) is 2.58. The highest BCUT2D eigenvalue weighted by molar-refractivity contribution is 5.54. The van der Waals surface area contributed by atoms with Gasteiger partial charge in [0.1, 0.15) is 5.82 Å². The molecule has 0 radical (unpaired) electrons. The van der Waals surface area contributed by atoms with Crippen molar-refractivity contribution < 1.29 is 9.84 Å². The maximum Gasteiger partial charge on any atom is 0.130 e. The standard InChI is InChI=1S/C12H21N3O2/c1-3-15(4-6-17-7-5-16)12-8-11(13)10(2)9-14-12/h8-9,16H,3-7H2,1-2H3,(H2,13,14). The van der Waals surface area contributed by atoms with Crippen LogP contribution in [0, 0.1) is 6.92 Å². The van der Waals surface area contributed by atoms with Gasteiger partial charge < -0.3 is 20.5 Å². The van der Waals surface area contributed by atoms with E-state index in [0.717, 1.165) is 30.2 Å². The van der Waals surface area contributed by atoms with Crippen molar-refractivity contribution in [3.8, 4) is 0 Å². The number of likely N-dealkylation sites (N-methyl/N-ethyl adjacent to an activating group) is 1. The number of aliphatic hydroxyl groups is 1. The zero-order chi connectivity index (χ0) is 12.7. The zero-order valence-electron chi connectivity index (χ0n) is 10.5. The first-order chi connectivity index (χ1) is 8.19. The Morgan fingerprint density at radius 1 is 1.47 bits per heavy atom. The second-order valence-corrected chi connectivity index (χ2v) is 3.81. The zero-order valence-corrected chi connectivity index (χ0v) is 10.5. The van der Waals surface area contributed by atoms with Crippen molar-refractivity contribution in [2.45, 2.75) is 13.8 Å². The molecule has 1 aromatic heterocycles. The molecule has 0 saturated heterocycles. The van der Waals surface area contributed by atoms with Gasteiger partial charge >= 0.3 is 0 Å². The normalized spacial score (nSPS) is 10.5. The number of hydrogen-bond acceptors (Lipinski definition) is 5. The fourth-order valence-corrected chi connectivity index (χ4v) is 1.48. The molecule has 0 fully saturated rings. The second-order valence-electron chi connectivity index (χ2n) is 3.81. The molecule has 0 aliphatic carbocycles. The van der Waals surface area contributed by atoms with Crippen molar-refractivity contribution in [1.29, 1.82) is 0 Å². The average molecular weight is 239 g/mol. The molecule has 0 atom stereocenters. The molecule has 0 unspecified atom stereocenters. The Kier molecular flexibility index (Phi) is 5.72. The number of hydrogen-bond donors (Lipinski definition) is 2. The number of anilines is 2. The lowest BCUT2D eigenvalue weighted by Crippen LogP contribution is -2.28. The van der Waals surface area contributed by atoms with Gasteiger partial charge in [-0.05, 0) is 19.4 Å². The largest absolute Gasteiger partial charge is 0.398 e. The molecular weight excluding hydrogens is 218 g/mol. The molecule has 0 spiro atoms. The van der Waals surface area contributed by atoms with E-state index in [1.165, 1.54) is 0 Å². The number of aliphatic hydroxyl groups excluding tert-OH is 1. The highest BCUT2D eigenvalue weighted by Crippen LogP contribution is 2.17. The summed E-state index contributed by atoms with van der Waals surface area (Å²) < 4.78 is 5.24. The van der Waals surface area contributed by atoms with Gasteiger partial charge in [-0.3, -0.25) is 0 Å². The van der Waals surface area contributed by atoms with Crippen molar-refractivity contribution >= 4 is 11.5 Å². The molecule has 0 bridgehead atoms. The van der Waals surface area contributed by atoms with Gasteiger partial charge in [-0.15, -0.1) is 0 Å².